The standard InChI is InChI=1S/C21H36N4O2/c1-5-9-20(26)25-19-11-7-10-18(14-19)15-24-21(22-6-2)23-12-8-13-27-16-17(3)4/h7,10-11,14,17H,5-6,8-9,12-13,15-16H2,1-4H3,(H,25,26)(H2,22,23,24). The van der Waals surface area contributed by atoms with Crippen LogP contribution >= 0.6 is 0 Å². The summed E-state index contributed by atoms with van der Waals surface area (Å²) in [6, 6.07) is 7.84. The van der Waals surface area contributed by atoms with Gasteiger partial charge in [-0.2, -0.15) is 0 Å². The summed E-state index contributed by atoms with van der Waals surface area (Å²) < 4.78 is 5.59. The second-order valence-corrected chi connectivity index (χ2v) is 6.94. The van der Waals surface area contributed by atoms with Crippen molar-refractivity contribution in [3.63, 3.8) is 0 Å². The van der Waals surface area contributed by atoms with E-state index in [0.717, 1.165) is 56.4 Å². The highest BCUT2D eigenvalue weighted by molar-refractivity contribution is 5.90. The van der Waals surface area contributed by atoms with Gasteiger partial charge in [0, 0.05) is 38.4 Å². The summed E-state index contributed by atoms with van der Waals surface area (Å²) in [6.07, 6.45) is 2.32. The van der Waals surface area contributed by atoms with Crippen LogP contribution < -0.4 is 16.0 Å². The molecule has 0 unspecified atom stereocenters. The minimum Gasteiger partial charge on any atom is -0.381 e. The Bertz CT molecular complexity index is 573. The average Bonchev–Trinajstić information content (AvgIpc) is 2.62. The Kier molecular flexibility index (Phi) is 11.9. The fourth-order valence-corrected chi connectivity index (χ4v) is 2.41. The molecule has 3 N–H and O–H groups in total. The molecule has 6 heteroatoms. The van der Waals surface area contributed by atoms with Gasteiger partial charge in [-0.05, 0) is 43.4 Å². The molecule has 0 atom stereocenters. The van der Waals surface area contributed by atoms with Gasteiger partial charge in [-0.25, -0.2) is 4.99 Å². The maximum absolute atomic E-state index is 11.7. The molecule has 0 bridgehead atoms. The zero-order valence-corrected chi connectivity index (χ0v) is 17.3. The highest BCUT2D eigenvalue weighted by atomic mass is 16.5. The maximum Gasteiger partial charge on any atom is 0.224 e. The van der Waals surface area contributed by atoms with Crippen LogP contribution in [-0.4, -0.2) is 38.2 Å². The van der Waals surface area contributed by atoms with E-state index in [4.69, 9.17) is 4.74 Å². The normalized spacial score (nSPS) is 11.5. The minimum absolute atomic E-state index is 0.0489. The van der Waals surface area contributed by atoms with Crippen molar-refractivity contribution in [1.29, 1.82) is 0 Å². The van der Waals surface area contributed by atoms with E-state index in [0.29, 0.717) is 18.9 Å². The third kappa shape index (κ3) is 11.3. The van der Waals surface area contributed by atoms with Crippen molar-refractivity contribution < 1.29 is 9.53 Å². The first kappa shape index (κ1) is 23.0. The largest absolute Gasteiger partial charge is 0.381 e. The van der Waals surface area contributed by atoms with Crippen molar-refractivity contribution in [3.05, 3.63) is 29.8 Å². The summed E-state index contributed by atoms with van der Waals surface area (Å²) >= 11 is 0. The quantitative estimate of drug-likeness (QED) is 0.296. The number of hydrogen-bond acceptors (Lipinski definition) is 3. The van der Waals surface area contributed by atoms with Gasteiger partial charge < -0.3 is 20.7 Å². The van der Waals surface area contributed by atoms with Gasteiger partial charge in [0.25, 0.3) is 0 Å². The molecule has 0 aromatic heterocycles. The van der Waals surface area contributed by atoms with Gasteiger partial charge in [0.2, 0.25) is 5.91 Å². The van der Waals surface area contributed by atoms with Crippen LogP contribution in [0.3, 0.4) is 0 Å². The molecule has 0 fully saturated rings. The van der Waals surface area contributed by atoms with Crippen LogP contribution in [-0.2, 0) is 16.1 Å². The molecule has 152 valence electrons. The molecule has 1 rings (SSSR count). The average molecular weight is 377 g/mol. The molecular formula is C21H36N4O2. The Morgan fingerprint density at radius 3 is 2.74 bits per heavy atom. The number of hydrogen-bond donors (Lipinski definition) is 3. The maximum atomic E-state index is 11.7. The minimum atomic E-state index is 0.0489. The first-order chi connectivity index (χ1) is 13.0. The van der Waals surface area contributed by atoms with Crippen molar-refractivity contribution in [3.8, 4) is 0 Å². The zero-order chi connectivity index (χ0) is 19.9. The summed E-state index contributed by atoms with van der Waals surface area (Å²) in [4.78, 5) is 16.4. The predicted molar refractivity (Wildman–Crippen MR) is 113 cm³/mol. The lowest BCUT2D eigenvalue weighted by molar-refractivity contribution is -0.116. The number of nitrogens with one attached hydrogen (secondary N) is 3. The van der Waals surface area contributed by atoms with Crippen molar-refractivity contribution in [2.45, 2.75) is 53.5 Å². The molecule has 0 aliphatic carbocycles. The monoisotopic (exact) mass is 376 g/mol. The van der Waals surface area contributed by atoms with E-state index >= 15 is 0 Å². The van der Waals surface area contributed by atoms with E-state index in [-0.39, 0.29) is 5.91 Å². The van der Waals surface area contributed by atoms with Gasteiger partial charge in [0.05, 0.1) is 6.54 Å². The van der Waals surface area contributed by atoms with Crippen LogP contribution in [0.4, 0.5) is 5.69 Å². The van der Waals surface area contributed by atoms with Gasteiger partial charge in [0.15, 0.2) is 5.96 Å². The van der Waals surface area contributed by atoms with Crippen LogP contribution in [0, 0.1) is 5.92 Å². The Morgan fingerprint density at radius 1 is 1.22 bits per heavy atom. The van der Waals surface area contributed by atoms with Crippen molar-refractivity contribution in [2.24, 2.45) is 10.9 Å². The molecule has 27 heavy (non-hydrogen) atoms. The summed E-state index contributed by atoms with van der Waals surface area (Å²) in [7, 11) is 0. The van der Waals surface area contributed by atoms with Gasteiger partial charge in [-0.3, -0.25) is 4.79 Å². The highest BCUT2D eigenvalue weighted by Gasteiger charge is 2.02. The number of anilines is 1. The smallest absolute Gasteiger partial charge is 0.224 e. The third-order valence-corrected chi connectivity index (χ3v) is 3.66. The highest BCUT2D eigenvalue weighted by Crippen LogP contribution is 2.12. The van der Waals surface area contributed by atoms with Gasteiger partial charge in [-0.1, -0.05) is 32.9 Å². The van der Waals surface area contributed by atoms with E-state index in [1.54, 1.807) is 0 Å². The molecule has 0 saturated heterocycles. The molecule has 1 aromatic carbocycles. The molecule has 1 aromatic rings. The number of benzene rings is 1. The van der Waals surface area contributed by atoms with E-state index in [2.05, 4.69) is 34.8 Å². The van der Waals surface area contributed by atoms with Gasteiger partial charge >= 0.3 is 0 Å². The Morgan fingerprint density at radius 2 is 2.04 bits per heavy atom. The lowest BCUT2D eigenvalue weighted by atomic mass is 10.2. The van der Waals surface area contributed by atoms with E-state index in [9.17, 15) is 4.79 Å². The van der Waals surface area contributed by atoms with Gasteiger partial charge in [-0.15, -0.1) is 0 Å². The van der Waals surface area contributed by atoms with Crippen LogP contribution in [0.5, 0.6) is 0 Å². The molecular weight excluding hydrogens is 340 g/mol. The number of aliphatic imine (C=N–C) groups is 1. The Hall–Kier alpha value is -2.08. The number of guanidine groups is 1. The number of nitrogens with zero attached hydrogens (tertiary/aromatic N) is 1. The van der Waals surface area contributed by atoms with Crippen LogP contribution in [0.15, 0.2) is 29.3 Å². The molecule has 0 aliphatic rings. The SMILES string of the molecule is CCCC(=O)Nc1cccc(CN=C(NCC)NCCCOCC(C)C)c1. The molecule has 0 aliphatic heterocycles. The lowest BCUT2D eigenvalue weighted by Gasteiger charge is -2.12. The lowest BCUT2D eigenvalue weighted by Crippen LogP contribution is -2.38. The molecule has 0 spiro atoms. The van der Waals surface area contributed by atoms with Crippen LogP contribution in [0.2, 0.25) is 0 Å². The van der Waals surface area contributed by atoms with Crippen molar-refractivity contribution in [2.75, 3.05) is 31.6 Å². The summed E-state index contributed by atoms with van der Waals surface area (Å²) in [5.74, 6) is 1.41. The number of carbonyl (C=O) groups is 1. The molecule has 1 amide bonds. The van der Waals surface area contributed by atoms with Crippen molar-refractivity contribution in [1.82, 2.24) is 10.6 Å². The van der Waals surface area contributed by atoms with Crippen molar-refractivity contribution >= 4 is 17.6 Å². The summed E-state index contributed by atoms with van der Waals surface area (Å²) in [5.41, 5.74) is 1.88. The second-order valence-electron chi connectivity index (χ2n) is 6.94. The van der Waals surface area contributed by atoms with Crippen LogP contribution in [0.1, 0.15) is 52.5 Å². The number of carbonyl (C=O) groups excluding carboxylic acids is 1. The predicted octanol–water partition coefficient (Wildman–Crippen LogP) is 3.54. The first-order valence-electron chi connectivity index (χ1n) is 10.0. The fraction of sp³-hybridized carbons (Fsp3) is 0.619. The Balaban J connectivity index is 2.48. The fourth-order valence-electron chi connectivity index (χ4n) is 2.41. The topological polar surface area (TPSA) is 74.8 Å². The summed E-state index contributed by atoms with van der Waals surface area (Å²) in [5, 5.41) is 9.51. The molecule has 6 nitrogen and oxygen atoms in total. The number of ether oxygens (including phenoxy) is 1. The van der Waals surface area contributed by atoms with E-state index in [1.807, 2.05) is 38.1 Å². The summed E-state index contributed by atoms with van der Waals surface area (Å²) in [6.45, 7) is 12.1. The van der Waals surface area contributed by atoms with Gasteiger partial charge in [0.1, 0.15) is 0 Å². The molecule has 0 saturated carbocycles. The van der Waals surface area contributed by atoms with E-state index < -0.39 is 0 Å². The van der Waals surface area contributed by atoms with E-state index in [1.165, 1.54) is 0 Å². The molecule has 0 heterocycles. The first-order valence-corrected chi connectivity index (χ1v) is 10.0. The third-order valence-electron chi connectivity index (χ3n) is 3.66. The van der Waals surface area contributed by atoms with Crippen LogP contribution in [0.25, 0.3) is 0 Å². The number of rotatable bonds is 12. The number of amides is 1. The molecule has 0 radical (unpaired) electrons. The zero-order valence-electron chi connectivity index (χ0n) is 17.3. The Labute approximate surface area is 164 Å². The second kappa shape index (κ2) is 14.0.